The van der Waals surface area contributed by atoms with Gasteiger partial charge in [0.25, 0.3) is 11.1 Å². The van der Waals surface area contributed by atoms with E-state index >= 15 is 0 Å². The molecule has 4 rings (SSSR count). The summed E-state index contributed by atoms with van der Waals surface area (Å²) in [6.07, 6.45) is 1.66. The second kappa shape index (κ2) is 11.0. The molecule has 0 spiro atoms. The van der Waals surface area contributed by atoms with Crippen molar-refractivity contribution in [2.45, 2.75) is 20.8 Å². The van der Waals surface area contributed by atoms with E-state index in [-0.39, 0.29) is 4.91 Å². The van der Waals surface area contributed by atoms with Crippen LogP contribution in [0.3, 0.4) is 0 Å². The number of benzene rings is 2. The number of methoxy groups -OCH3 is 2. The normalized spacial score (nSPS) is 14.2. The Morgan fingerprint density at radius 2 is 1.71 bits per heavy atom. The van der Waals surface area contributed by atoms with Crippen LogP contribution in [0, 0.1) is 20.8 Å². The number of amides is 3. The summed E-state index contributed by atoms with van der Waals surface area (Å²) in [7, 11) is 2.88. The number of hydrogen-bond acceptors (Lipinski definition) is 7. The molecule has 9 nitrogen and oxygen atoms in total. The van der Waals surface area contributed by atoms with Gasteiger partial charge in [-0.3, -0.25) is 19.3 Å². The first-order valence-electron chi connectivity index (χ1n) is 11.7. The van der Waals surface area contributed by atoms with Crippen molar-refractivity contribution in [1.29, 1.82) is 0 Å². The number of nitrogens with zero attached hydrogens (tertiary/aromatic N) is 2. The lowest BCUT2D eigenvalue weighted by Crippen LogP contribution is -2.36. The lowest BCUT2D eigenvalue weighted by atomic mass is 10.1. The summed E-state index contributed by atoms with van der Waals surface area (Å²) >= 11 is 0.794. The number of imide groups is 1. The fourth-order valence-corrected chi connectivity index (χ4v) is 5.02. The number of nitrogens with one attached hydrogen (secondary N) is 1. The van der Waals surface area contributed by atoms with Crippen LogP contribution in [0.25, 0.3) is 11.8 Å². The Bertz CT molecular complexity index is 1470. The number of anilines is 1. The highest BCUT2D eigenvalue weighted by atomic mass is 32.2. The van der Waals surface area contributed by atoms with Crippen LogP contribution in [-0.4, -0.2) is 53.3 Å². The number of esters is 1. The number of ether oxygens (including phenoxy) is 2. The number of rotatable bonds is 7. The fraction of sp³-hybridized carbons (Fsp3) is 0.214. The third kappa shape index (κ3) is 5.35. The van der Waals surface area contributed by atoms with Crippen molar-refractivity contribution in [2.75, 3.05) is 26.1 Å². The second-order valence-corrected chi connectivity index (χ2v) is 9.69. The zero-order valence-electron chi connectivity index (χ0n) is 21.7. The quantitative estimate of drug-likeness (QED) is 0.341. The van der Waals surface area contributed by atoms with Crippen molar-refractivity contribution in [3.05, 3.63) is 81.5 Å². The van der Waals surface area contributed by atoms with Gasteiger partial charge in [0.15, 0.2) is 0 Å². The zero-order valence-corrected chi connectivity index (χ0v) is 22.5. The van der Waals surface area contributed by atoms with E-state index in [4.69, 9.17) is 9.47 Å². The molecule has 0 unspecified atom stereocenters. The number of aromatic nitrogens is 1. The van der Waals surface area contributed by atoms with Crippen LogP contribution in [0.5, 0.6) is 5.75 Å². The molecule has 2 heterocycles. The Labute approximate surface area is 224 Å². The van der Waals surface area contributed by atoms with Gasteiger partial charge in [-0.25, -0.2) is 4.79 Å². The van der Waals surface area contributed by atoms with E-state index in [0.29, 0.717) is 17.0 Å². The molecule has 3 amide bonds. The maximum atomic E-state index is 13.0. The molecule has 10 heteroatoms. The summed E-state index contributed by atoms with van der Waals surface area (Å²) in [6.45, 7) is 5.36. The Morgan fingerprint density at radius 1 is 1.00 bits per heavy atom. The number of carbonyl (C=O) groups is 4. The van der Waals surface area contributed by atoms with Crippen molar-refractivity contribution in [1.82, 2.24) is 9.47 Å². The molecule has 1 aliphatic heterocycles. The van der Waals surface area contributed by atoms with E-state index in [2.05, 4.69) is 5.32 Å². The highest BCUT2D eigenvalue weighted by Gasteiger charge is 2.36. The smallest absolute Gasteiger partial charge is 0.337 e. The van der Waals surface area contributed by atoms with Crippen LogP contribution < -0.4 is 10.1 Å². The van der Waals surface area contributed by atoms with E-state index in [1.807, 2.05) is 37.5 Å². The molecule has 2 aromatic carbocycles. The minimum atomic E-state index is -0.529. The average molecular weight is 534 g/mol. The van der Waals surface area contributed by atoms with Gasteiger partial charge in [-0.2, -0.15) is 0 Å². The van der Waals surface area contributed by atoms with Gasteiger partial charge in [0, 0.05) is 22.8 Å². The van der Waals surface area contributed by atoms with E-state index in [1.165, 1.54) is 7.11 Å². The van der Waals surface area contributed by atoms with Crippen molar-refractivity contribution in [3.8, 4) is 11.4 Å². The number of aryl methyl sites for hydroxylation is 2. The van der Waals surface area contributed by atoms with Gasteiger partial charge in [0.2, 0.25) is 5.91 Å². The van der Waals surface area contributed by atoms with Gasteiger partial charge in [-0.05, 0) is 92.2 Å². The van der Waals surface area contributed by atoms with Crippen molar-refractivity contribution >= 4 is 46.5 Å². The molecule has 0 saturated carbocycles. The monoisotopic (exact) mass is 533 g/mol. The van der Waals surface area contributed by atoms with Crippen LogP contribution in [-0.2, 0) is 14.3 Å². The fourth-order valence-electron chi connectivity index (χ4n) is 4.20. The zero-order chi connectivity index (χ0) is 27.6. The van der Waals surface area contributed by atoms with Gasteiger partial charge < -0.3 is 19.4 Å². The Balaban J connectivity index is 1.55. The number of carbonyl (C=O) groups excluding carboxylic acids is 4. The van der Waals surface area contributed by atoms with Gasteiger partial charge in [0.1, 0.15) is 12.3 Å². The number of hydrogen-bond donors (Lipinski definition) is 1. The van der Waals surface area contributed by atoms with Crippen LogP contribution in [0.15, 0.2) is 53.4 Å². The lowest BCUT2D eigenvalue weighted by Gasteiger charge is -2.14. The topological polar surface area (TPSA) is 107 Å². The maximum absolute atomic E-state index is 13.0. The molecule has 0 radical (unpaired) electrons. The third-order valence-electron chi connectivity index (χ3n) is 6.18. The predicted molar refractivity (Wildman–Crippen MR) is 146 cm³/mol. The van der Waals surface area contributed by atoms with Crippen LogP contribution in [0.4, 0.5) is 10.5 Å². The summed E-state index contributed by atoms with van der Waals surface area (Å²) in [5, 5.41) is 2.17. The van der Waals surface area contributed by atoms with Gasteiger partial charge in [-0.15, -0.1) is 0 Å². The van der Waals surface area contributed by atoms with E-state index in [1.54, 1.807) is 49.6 Å². The van der Waals surface area contributed by atoms with E-state index < -0.39 is 29.6 Å². The molecule has 0 bridgehead atoms. The molecule has 0 aliphatic carbocycles. The first-order chi connectivity index (χ1) is 18.1. The van der Waals surface area contributed by atoms with Gasteiger partial charge in [-0.1, -0.05) is 6.07 Å². The van der Waals surface area contributed by atoms with Crippen LogP contribution in [0.1, 0.15) is 32.9 Å². The summed E-state index contributed by atoms with van der Waals surface area (Å²) in [6, 6.07) is 14.0. The maximum Gasteiger partial charge on any atom is 0.337 e. The summed E-state index contributed by atoms with van der Waals surface area (Å²) in [4.78, 5) is 51.4. The first kappa shape index (κ1) is 26.7. The largest absolute Gasteiger partial charge is 0.497 e. The Hall–Kier alpha value is -4.31. The minimum absolute atomic E-state index is 0.229. The molecule has 1 aliphatic rings. The molecule has 196 valence electrons. The molecule has 1 saturated heterocycles. The Morgan fingerprint density at radius 3 is 2.37 bits per heavy atom. The second-order valence-electron chi connectivity index (χ2n) is 8.70. The molecule has 1 fully saturated rings. The van der Waals surface area contributed by atoms with Crippen LogP contribution in [0.2, 0.25) is 0 Å². The molecular formula is C28H27N3O6S. The first-order valence-corrected chi connectivity index (χ1v) is 12.5. The van der Waals surface area contributed by atoms with Gasteiger partial charge in [0.05, 0.1) is 24.7 Å². The molecule has 3 aromatic rings. The van der Waals surface area contributed by atoms with Gasteiger partial charge >= 0.3 is 5.97 Å². The third-order valence-corrected chi connectivity index (χ3v) is 7.08. The van der Waals surface area contributed by atoms with E-state index in [9.17, 15) is 19.2 Å². The SMILES string of the molecule is COC(=O)c1ccc(C)c(-n2c(C)cc(/C=C3/SC(=O)N(CC(=O)Nc4ccc(OC)cc4)C3=O)c2C)c1. The van der Waals surface area contributed by atoms with Crippen molar-refractivity contribution < 1.29 is 28.7 Å². The van der Waals surface area contributed by atoms with Crippen molar-refractivity contribution in [3.63, 3.8) is 0 Å². The standard InChI is InChI=1S/C28H27N3O6S/c1-16-6-7-19(27(34)37-5)13-23(16)31-17(2)12-20(18(31)3)14-24-26(33)30(28(35)38-24)15-25(32)29-21-8-10-22(36-4)11-9-21/h6-14H,15H2,1-5H3,(H,29,32)/b24-14+. The molecule has 1 N–H and O–H groups in total. The van der Waals surface area contributed by atoms with E-state index in [0.717, 1.165) is 44.9 Å². The predicted octanol–water partition coefficient (Wildman–Crippen LogP) is 4.87. The highest BCUT2D eigenvalue weighted by Crippen LogP contribution is 2.34. The molecular weight excluding hydrogens is 506 g/mol. The average Bonchev–Trinajstić information content (AvgIpc) is 3.32. The molecule has 1 aromatic heterocycles. The minimum Gasteiger partial charge on any atom is -0.497 e. The Kier molecular flexibility index (Phi) is 7.72. The number of thioether (sulfide) groups is 1. The summed E-state index contributed by atoms with van der Waals surface area (Å²) in [5.74, 6) is -0.806. The lowest BCUT2D eigenvalue weighted by molar-refractivity contribution is -0.127. The van der Waals surface area contributed by atoms with Crippen molar-refractivity contribution in [2.24, 2.45) is 0 Å². The summed E-state index contributed by atoms with van der Waals surface area (Å²) < 4.78 is 11.9. The highest BCUT2D eigenvalue weighted by molar-refractivity contribution is 8.18. The summed E-state index contributed by atoms with van der Waals surface area (Å²) in [5.41, 5.74) is 5.18. The van der Waals surface area contributed by atoms with Crippen LogP contribution >= 0.6 is 11.8 Å². The molecule has 0 atom stereocenters. The molecule has 38 heavy (non-hydrogen) atoms.